The van der Waals surface area contributed by atoms with Crippen LogP contribution in [-0.4, -0.2) is 7.11 Å². The minimum atomic E-state index is 1.09. The Morgan fingerprint density at radius 1 is 1.57 bits per heavy atom. The monoisotopic (exact) mass is 101 g/mol. The predicted molar refractivity (Wildman–Crippen MR) is 30.8 cm³/mol. The van der Waals surface area contributed by atoms with E-state index >= 15 is 0 Å². The minimum absolute atomic E-state index is 1.09. The molecule has 0 saturated carbocycles. The molecule has 0 spiro atoms. The molecule has 0 N–H and O–H groups in total. The number of ether oxygens (including phenoxy) is 1. The normalized spacial score (nSPS) is 9.00. The van der Waals surface area contributed by atoms with Gasteiger partial charge in [-0.1, -0.05) is 6.92 Å². The topological polar surface area (TPSA) is 9.23 Å². The van der Waals surface area contributed by atoms with Gasteiger partial charge >= 0.3 is 0 Å². The highest BCUT2D eigenvalue weighted by Gasteiger charge is 2.07. The van der Waals surface area contributed by atoms with Gasteiger partial charge in [0.1, 0.15) is 13.3 Å². The van der Waals surface area contributed by atoms with Gasteiger partial charge in [0.05, 0.1) is 7.11 Å². The first kappa shape index (κ1) is 6.83. The lowest BCUT2D eigenvalue weighted by Gasteiger charge is -1.89. The Kier molecular flexibility index (Phi) is 3.90. The van der Waals surface area contributed by atoms with Gasteiger partial charge in [-0.2, -0.15) is 4.74 Å². The molecule has 0 fully saturated rings. The van der Waals surface area contributed by atoms with Crippen LogP contribution in [0.15, 0.2) is 0 Å². The zero-order valence-electron chi connectivity index (χ0n) is 5.32. The second kappa shape index (κ2) is 4.00. The summed E-state index contributed by atoms with van der Waals surface area (Å²) in [6.07, 6.45) is 3.40. The summed E-state index contributed by atoms with van der Waals surface area (Å²) in [5.74, 6) is 0. The third kappa shape index (κ3) is 3.67. The van der Waals surface area contributed by atoms with Crippen molar-refractivity contribution in [3.8, 4) is 0 Å². The van der Waals surface area contributed by atoms with Crippen LogP contribution >= 0.6 is 0 Å². The molecule has 0 amide bonds. The molecule has 0 radical (unpaired) electrons. The van der Waals surface area contributed by atoms with Crippen molar-refractivity contribution >= 4 is 0 Å². The minimum Gasteiger partial charge on any atom is -0.198 e. The Morgan fingerprint density at radius 3 is 2.29 bits per heavy atom. The van der Waals surface area contributed by atoms with E-state index in [4.69, 9.17) is 4.74 Å². The predicted octanol–water partition coefficient (Wildman–Crippen LogP) is 1.98. The number of hydrogen-bond acceptors (Lipinski definition) is 1. The van der Waals surface area contributed by atoms with Gasteiger partial charge < -0.3 is 0 Å². The van der Waals surface area contributed by atoms with Crippen LogP contribution in [-0.2, 0) is 4.74 Å². The molecule has 42 valence electrons. The summed E-state index contributed by atoms with van der Waals surface area (Å²) in [6, 6.07) is 0. The second-order valence-corrected chi connectivity index (χ2v) is 1.66. The zero-order chi connectivity index (χ0) is 5.70. The molecule has 0 aliphatic heterocycles. The summed E-state index contributed by atoms with van der Waals surface area (Å²) in [6.45, 7) is 4.14. The van der Waals surface area contributed by atoms with E-state index in [-0.39, 0.29) is 0 Å². The fraction of sp³-hybridized carbons (Fsp3) is 0.833. The average molecular weight is 101 g/mol. The fourth-order valence-corrected chi connectivity index (χ4v) is 0.454. The molecule has 0 aromatic carbocycles. The van der Waals surface area contributed by atoms with Crippen LogP contribution in [0.25, 0.3) is 0 Å². The summed E-state index contributed by atoms with van der Waals surface area (Å²) < 4.78 is 4.91. The van der Waals surface area contributed by atoms with Crippen LogP contribution < -0.4 is 0 Å². The van der Waals surface area contributed by atoms with Crippen molar-refractivity contribution in [2.45, 2.75) is 26.7 Å². The summed E-state index contributed by atoms with van der Waals surface area (Å²) in [7, 11) is 1.71. The molecule has 0 aliphatic rings. The first-order chi connectivity index (χ1) is 3.31. The Bertz CT molecular complexity index is 35.2. The first-order valence-electron chi connectivity index (χ1n) is 2.67. The lowest BCUT2D eigenvalue weighted by atomic mass is 10.2. The van der Waals surface area contributed by atoms with E-state index in [9.17, 15) is 0 Å². The Labute approximate surface area is 45.7 Å². The molecular weight excluding hydrogens is 88.1 g/mol. The highest BCUT2D eigenvalue weighted by Crippen LogP contribution is 2.05. The maximum absolute atomic E-state index is 4.91. The average Bonchev–Trinajstić information content (AvgIpc) is 1.68. The standard InChI is InChI=1S/C6H13O/c1-4-5-6(2)7-3/h4-5H2,1-3H3/q+1. The van der Waals surface area contributed by atoms with Gasteiger partial charge in [0.2, 0.25) is 6.10 Å². The highest BCUT2D eigenvalue weighted by atomic mass is 16.5. The van der Waals surface area contributed by atoms with Crippen molar-refractivity contribution in [3.63, 3.8) is 0 Å². The van der Waals surface area contributed by atoms with E-state index in [2.05, 4.69) is 6.92 Å². The van der Waals surface area contributed by atoms with Crippen LogP contribution in [0, 0.1) is 6.10 Å². The number of hydrogen-bond donors (Lipinski definition) is 0. The van der Waals surface area contributed by atoms with Crippen molar-refractivity contribution < 1.29 is 4.74 Å². The van der Waals surface area contributed by atoms with Crippen molar-refractivity contribution in [1.29, 1.82) is 0 Å². The highest BCUT2D eigenvalue weighted by molar-refractivity contribution is 4.67. The van der Waals surface area contributed by atoms with Gasteiger partial charge in [0.25, 0.3) is 0 Å². The maximum atomic E-state index is 4.91. The van der Waals surface area contributed by atoms with E-state index in [0.29, 0.717) is 0 Å². The summed E-state index contributed by atoms with van der Waals surface area (Å²) in [5, 5.41) is 0. The molecule has 0 heterocycles. The molecule has 0 saturated heterocycles. The fourth-order valence-electron chi connectivity index (χ4n) is 0.454. The molecule has 1 nitrogen and oxygen atoms in total. The summed E-state index contributed by atoms with van der Waals surface area (Å²) in [4.78, 5) is 0. The molecule has 0 aliphatic carbocycles. The quantitative estimate of drug-likeness (QED) is 0.494. The van der Waals surface area contributed by atoms with Crippen LogP contribution in [0.5, 0.6) is 0 Å². The van der Waals surface area contributed by atoms with E-state index < -0.39 is 0 Å². The van der Waals surface area contributed by atoms with Crippen LogP contribution in [0.4, 0.5) is 0 Å². The number of methoxy groups -OCH3 is 1. The molecule has 1 heteroatoms. The molecule has 0 aromatic heterocycles. The van der Waals surface area contributed by atoms with Crippen LogP contribution in [0.3, 0.4) is 0 Å². The SMILES string of the molecule is CCC[C+](C)OC. The van der Waals surface area contributed by atoms with E-state index in [0.717, 1.165) is 12.5 Å². The molecule has 7 heavy (non-hydrogen) atoms. The van der Waals surface area contributed by atoms with Gasteiger partial charge in [-0.15, -0.1) is 0 Å². The van der Waals surface area contributed by atoms with Crippen molar-refractivity contribution in [3.05, 3.63) is 6.10 Å². The Morgan fingerprint density at radius 2 is 2.14 bits per heavy atom. The lowest BCUT2D eigenvalue weighted by molar-refractivity contribution is 0.203. The molecule has 0 unspecified atom stereocenters. The van der Waals surface area contributed by atoms with Crippen LogP contribution in [0.2, 0.25) is 0 Å². The summed E-state index contributed by atoms with van der Waals surface area (Å²) in [5.41, 5.74) is 0. The Balaban J connectivity index is 2.83. The van der Waals surface area contributed by atoms with E-state index in [1.807, 2.05) is 6.92 Å². The van der Waals surface area contributed by atoms with Crippen molar-refractivity contribution in [2.24, 2.45) is 0 Å². The van der Waals surface area contributed by atoms with Crippen LogP contribution in [0.1, 0.15) is 26.7 Å². The van der Waals surface area contributed by atoms with Gasteiger partial charge in [0.15, 0.2) is 0 Å². The molecule has 0 atom stereocenters. The smallest absolute Gasteiger partial charge is 0.198 e. The zero-order valence-corrected chi connectivity index (χ0v) is 5.32. The first-order valence-corrected chi connectivity index (χ1v) is 2.67. The molecule has 0 rings (SSSR count). The van der Waals surface area contributed by atoms with E-state index in [1.165, 1.54) is 6.42 Å². The van der Waals surface area contributed by atoms with Gasteiger partial charge in [-0.3, -0.25) is 0 Å². The van der Waals surface area contributed by atoms with Crippen molar-refractivity contribution in [1.82, 2.24) is 0 Å². The summed E-state index contributed by atoms with van der Waals surface area (Å²) >= 11 is 0. The maximum Gasteiger partial charge on any atom is 0.237 e. The lowest BCUT2D eigenvalue weighted by Crippen LogP contribution is -1.91. The molecular formula is C6H13O+. The van der Waals surface area contributed by atoms with Gasteiger partial charge in [-0.05, 0) is 6.42 Å². The third-order valence-corrected chi connectivity index (χ3v) is 0.951. The van der Waals surface area contributed by atoms with E-state index in [1.54, 1.807) is 7.11 Å². The largest absolute Gasteiger partial charge is 0.237 e. The van der Waals surface area contributed by atoms with Crippen molar-refractivity contribution in [2.75, 3.05) is 7.11 Å². The Hall–Kier alpha value is -0.170. The molecule has 0 bridgehead atoms. The molecule has 0 aromatic rings. The number of rotatable bonds is 3. The third-order valence-electron chi connectivity index (χ3n) is 0.951. The van der Waals surface area contributed by atoms with Gasteiger partial charge in [0, 0.05) is 0 Å². The second-order valence-electron chi connectivity index (χ2n) is 1.66. The van der Waals surface area contributed by atoms with Gasteiger partial charge in [-0.25, -0.2) is 0 Å².